The summed E-state index contributed by atoms with van der Waals surface area (Å²) in [4.78, 5) is 4.45. The summed E-state index contributed by atoms with van der Waals surface area (Å²) in [5.74, 6) is 2.50. The highest BCUT2D eigenvalue weighted by Gasteiger charge is 2.18. The first-order valence-corrected chi connectivity index (χ1v) is 7.44. The van der Waals surface area contributed by atoms with Gasteiger partial charge in [-0.2, -0.15) is 4.98 Å². The van der Waals surface area contributed by atoms with Crippen molar-refractivity contribution in [2.24, 2.45) is 0 Å². The Morgan fingerprint density at radius 2 is 2.08 bits per heavy atom. The molecule has 2 N–H and O–H groups in total. The lowest BCUT2D eigenvalue weighted by Crippen LogP contribution is -2.07. The van der Waals surface area contributed by atoms with Crippen LogP contribution in [0.5, 0.6) is 11.5 Å². The van der Waals surface area contributed by atoms with Crippen molar-refractivity contribution in [3.63, 3.8) is 0 Å². The summed E-state index contributed by atoms with van der Waals surface area (Å²) in [7, 11) is 1.63. The molecule has 24 heavy (non-hydrogen) atoms. The minimum Gasteiger partial charge on any atom is -0.497 e. The van der Waals surface area contributed by atoms with Crippen molar-refractivity contribution in [2.45, 2.75) is 0 Å². The van der Waals surface area contributed by atoms with Crippen LogP contribution >= 0.6 is 0 Å². The normalized spacial score (nSPS) is 13.0. The number of hydrogen-bond acceptors (Lipinski definition) is 6. The molecule has 120 valence electrons. The van der Waals surface area contributed by atoms with Gasteiger partial charge in [0.15, 0.2) is 0 Å². The van der Waals surface area contributed by atoms with Gasteiger partial charge in [-0.15, -0.1) is 0 Å². The Hall–Kier alpha value is -3.28. The van der Waals surface area contributed by atoms with Crippen LogP contribution in [-0.2, 0) is 0 Å². The third-order valence-corrected chi connectivity index (χ3v) is 3.78. The summed E-state index contributed by atoms with van der Waals surface area (Å²) in [5.41, 5.74) is 8.99. The van der Waals surface area contributed by atoms with Crippen molar-refractivity contribution in [2.75, 3.05) is 19.5 Å². The van der Waals surface area contributed by atoms with Gasteiger partial charge in [-0.05, 0) is 42.5 Å². The number of nitrogens with two attached hydrogens (primary N) is 1. The SMILES string of the molecule is COc1ccc2c(c1)C=C(c1noc(-c3cccc(N)c3)n1)CO2. The highest BCUT2D eigenvalue weighted by molar-refractivity contribution is 5.83. The molecule has 2 heterocycles. The topological polar surface area (TPSA) is 83.4 Å². The number of rotatable bonds is 3. The van der Waals surface area contributed by atoms with Gasteiger partial charge in [0.25, 0.3) is 5.89 Å². The molecule has 0 unspecified atom stereocenters. The standard InChI is InChI=1S/C18H15N3O3/c1-22-15-5-6-16-12(9-15)7-13(10-23-16)17-20-18(24-21-17)11-3-2-4-14(19)8-11/h2-9H,10,19H2,1H3. The first kappa shape index (κ1) is 14.3. The molecular weight excluding hydrogens is 306 g/mol. The second kappa shape index (κ2) is 5.73. The van der Waals surface area contributed by atoms with E-state index in [9.17, 15) is 0 Å². The zero-order valence-corrected chi connectivity index (χ0v) is 13.0. The van der Waals surface area contributed by atoms with Gasteiger partial charge in [-0.25, -0.2) is 0 Å². The van der Waals surface area contributed by atoms with E-state index in [1.54, 1.807) is 13.2 Å². The second-order valence-corrected chi connectivity index (χ2v) is 5.41. The number of nitrogens with zero attached hydrogens (tertiary/aromatic N) is 2. The predicted octanol–water partition coefficient (Wildman–Crippen LogP) is 3.26. The zero-order chi connectivity index (χ0) is 16.5. The van der Waals surface area contributed by atoms with Gasteiger partial charge in [0.2, 0.25) is 5.82 Å². The number of aromatic nitrogens is 2. The van der Waals surface area contributed by atoms with Crippen molar-refractivity contribution < 1.29 is 14.0 Å². The van der Waals surface area contributed by atoms with E-state index in [2.05, 4.69) is 10.1 Å². The summed E-state index contributed by atoms with van der Waals surface area (Å²) in [6, 6.07) is 13.0. The molecule has 2 aromatic carbocycles. The highest BCUT2D eigenvalue weighted by atomic mass is 16.5. The van der Waals surface area contributed by atoms with Crippen molar-refractivity contribution in [3.05, 3.63) is 53.9 Å². The predicted molar refractivity (Wildman–Crippen MR) is 90.5 cm³/mol. The number of anilines is 1. The molecule has 1 aliphatic rings. The summed E-state index contributed by atoms with van der Waals surface area (Å²) < 4.78 is 16.4. The van der Waals surface area contributed by atoms with Crippen LogP contribution in [0.2, 0.25) is 0 Å². The molecule has 0 saturated heterocycles. The van der Waals surface area contributed by atoms with Crippen LogP contribution in [0.1, 0.15) is 11.4 Å². The van der Waals surface area contributed by atoms with Crippen molar-refractivity contribution in [3.8, 4) is 23.0 Å². The lowest BCUT2D eigenvalue weighted by molar-refractivity contribution is 0.360. The Morgan fingerprint density at radius 1 is 1.17 bits per heavy atom. The fraction of sp³-hybridized carbons (Fsp3) is 0.111. The Labute approximate surface area is 138 Å². The van der Waals surface area contributed by atoms with Crippen LogP contribution in [0.3, 0.4) is 0 Å². The summed E-state index contributed by atoms with van der Waals surface area (Å²) >= 11 is 0. The van der Waals surface area contributed by atoms with Gasteiger partial charge >= 0.3 is 0 Å². The summed E-state index contributed by atoms with van der Waals surface area (Å²) in [6.07, 6.45) is 1.98. The summed E-state index contributed by atoms with van der Waals surface area (Å²) in [6.45, 7) is 0.384. The minimum absolute atomic E-state index is 0.384. The van der Waals surface area contributed by atoms with E-state index < -0.39 is 0 Å². The molecule has 4 rings (SSSR count). The first-order valence-electron chi connectivity index (χ1n) is 7.44. The van der Waals surface area contributed by atoms with E-state index in [4.69, 9.17) is 19.7 Å². The Morgan fingerprint density at radius 3 is 2.92 bits per heavy atom. The molecule has 0 spiro atoms. The van der Waals surface area contributed by atoms with Crippen LogP contribution in [-0.4, -0.2) is 23.9 Å². The van der Waals surface area contributed by atoms with Gasteiger partial charge in [0.05, 0.1) is 7.11 Å². The smallest absolute Gasteiger partial charge is 0.258 e. The lowest BCUT2D eigenvalue weighted by atomic mass is 10.1. The van der Waals surface area contributed by atoms with Gasteiger partial charge in [-0.1, -0.05) is 11.2 Å². The summed E-state index contributed by atoms with van der Waals surface area (Å²) in [5, 5.41) is 4.05. The molecule has 0 saturated carbocycles. The van der Waals surface area contributed by atoms with Crippen molar-refractivity contribution in [1.29, 1.82) is 0 Å². The quantitative estimate of drug-likeness (QED) is 0.746. The monoisotopic (exact) mass is 321 g/mol. The van der Waals surface area contributed by atoms with Crippen LogP contribution in [0, 0.1) is 0 Å². The molecule has 0 bridgehead atoms. The molecule has 0 radical (unpaired) electrons. The Kier molecular flexibility index (Phi) is 3.42. The average Bonchev–Trinajstić information content (AvgIpc) is 3.11. The highest BCUT2D eigenvalue weighted by Crippen LogP contribution is 2.33. The first-order chi connectivity index (χ1) is 11.7. The Bertz CT molecular complexity index is 931. The molecule has 6 heteroatoms. The van der Waals surface area contributed by atoms with Gasteiger partial charge in [-0.3, -0.25) is 0 Å². The number of benzene rings is 2. The second-order valence-electron chi connectivity index (χ2n) is 5.41. The maximum absolute atomic E-state index is 5.79. The van der Waals surface area contributed by atoms with Gasteiger partial charge < -0.3 is 19.7 Å². The molecule has 1 aliphatic heterocycles. The fourth-order valence-electron chi connectivity index (χ4n) is 2.55. The molecule has 1 aromatic heterocycles. The largest absolute Gasteiger partial charge is 0.497 e. The molecule has 0 aliphatic carbocycles. The zero-order valence-electron chi connectivity index (χ0n) is 13.0. The van der Waals surface area contributed by atoms with Gasteiger partial charge in [0.1, 0.15) is 18.1 Å². The fourth-order valence-corrected chi connectivity index (χ4v) is 2.55. The van der Waals surface area contributed by atoms with Crippen LogP contribution < -0.4 is 15.2 Å². The van der Waals surface area contributed by atoms with E-state index >= 15 is 0 Å². The maximum atomic E-state index is 5.79. The van der Waals surface area contributed by atoms with Crippen LogP contribution in [0.25, 0.3) is 23.1 Å². The van der Waals surface area contributed by atoms with Crippen LogP contribution in [0.4, 0.5) is 5.69 Å². The Balaban J connectivity index is 1.68. The maximum Gasteiger partial charge on any atom is 0.258 e. The van der Waals surface area contributed by atoms with E-state index in [0.29, 0.717) is 24.0 Å². The number of ether oxygens (including phenoxy) is 2. The van der Waals surface area contributed by atoms with E-state index in [1.165, 1.54) is 0 Å². The molecular formula is C18H15N3O3. The molecule has 0 atom stereocenters. The number of fused-ring (bicyclic) bond motifs is 1. The van der Waals surface area contributed by atoms with Gasteiger partial charge in [0, 0.05) is 22.4 Å². The minimum atomic E-state index is 0.384. The third kappa shape index (κ3) is 2.58. The van der Waals surface area contributed by atoms with E-state index in [0.717, 1.165) is 28.2 Å². The number of hydrogen-bond donors (Lipinski definition) is 1. The number of methoxy groups -OCH3 is 1. The number of nitrogen functional groups attached to an aromatic ring is 1. The third-order valence-electron chi connectivity index (χ3n) is 3.78. The van der Waals surface area contributed by atoms with E-state index in [-0.39, 0.29) is 0 Å². The lowest BCUT2D eigenvalue weighted by Gasteiger charge is -2.16. The van der Waals surface area contributed by atoms with Crippen molar-refractivity contribution >= 4 is 17.3 Å². The molecule has 6 nitrogen and oxygen atoms in total. The van der Waals surface area contributed by atoms with Crippen LogP contribution in [0.15, 0.2) is 47.0 Å². The molecule has 0 fully saturated rings. The van der Waals surface area contributed by atoms with Crippen molar-refractivity contribution in [1.82, 2.24) is 10.1 Å². The molecule has 0 amide bonds. The molecule has 3 aromatic rings. The van der Waals surface area contributed by atoms with E-state index in [1.807, 2.05) is 42.5 Å². The average molecular weight is 321 g/mol.